The van der Waals surface area contributed by atoms with Gasteiger partial charge in [0.1, 0.15) is 10.8 Å². The van der Waals surface area contributed by atoms with E-state index in [1.807, 2.05) is 31.2 Å². The van der Waals surface area contributed by atoms with Crippen LogP contribution in [0.5, 0.6) is 0 Å². The lowest BCUT2D eigenvalue weighted by molar-refractivity contribution is -0.123. The van der Waals surface area contributed by atoms with Crippen molar-refractivity contribution in [2.75, 3.05) is 5.32 Å². The molecule has 0 bridgehead atoms. The van der Waals surface area contributed by atoms with Gasteiger partial charge < -0.3 is 14.6 Å². The third-order valence-electron chi connectivity index (χ3n) is 3.54. The second-order valence-corrected chi connectivity index (χ2v) is 6.62. The number of hydrogen-bond acceptors (Lipinski definition) is 7. The van der Waals surface area contributed by atoms with Crippen LogP contribution in [0.15, 0.2) is 40.2 Å². The molecule has 1 unspecified atom stereocenters. The maximum absolute atomic E-state index is 12.2. The Bertz CT molecular complexity index is 930. The Kier molecular flexibility index (Phi) is 5.13. The smallest absolute Gasteiger partial charge is 0.358 e. The molecule has 7 nitrogen and oxygen atoms in total. The number of rotatable bonds is 5. The Labute approximate surface area is 154 Å². The van der Waals surface area contributed by atoms with E-state index in [2.05, 4.69) is 15.5 Å². The molecule has 0 saturated heterocycles. The summed E-state index contributed by atoms with van der Waals surface area (Å²) in [6.07, 6.45) is -0.996. The van der Waals surface area contributed by atoms with Crippen LogP contribution in [0.2, 0.25) is 0 Å². The van der Waals surface area contributed by atoms with Crippen LogP contribution >= 0.6 is 11.3 Å². The van der Waals surface area contributed by atoms with Crippen LogP contribution in [0.25, 0.3) is 10.6 Å². The number of hydrogen-bond donors (Lipinski definition) is 1. The highest BCUT2D eigenvalue weighted by Crippen LogP contribution is 2.24. The van der Waals surface area contributed by atoms with Gasteiger partial charge in [-0.1, -0.05) is 35.0 Å². The lowest BCUT2D eigenvalue weighted by atomic mass is 10.2. The van der Waals surface area contributed by atoms with Gasteiger partial charge in [0.25, 0.3) is 5.91 Å². The molecule has 2 aromatic heterocycles. The summed E-state index contributed by atoms with van der Waals surface area (Å²) in [5, 5.41) is 8.51. The second kappa shape index (κ2) is 7.49. The van der Waals surface area contributed by atoms with Gasteiger partial charge in [0.15, 0.2) is 17.6 Å². The summed E-state index contributed by atoms with van der Waals surface area (Å²) in [7, 11) is 0. The molecule has 0 aliphatic rings. The summed E-state index contributed by atoms with van der Waals surface area (Å²) in [4.78, 5) is 28.6. The largest absolute Gasteiger partial charge is 0.448 e. The van der Waals surface area contributed by atoms with Crippen molar-refractivity contribution in [3.8, 4) is 10.6 Å². The molecular weight excluding hydrogens is 354 g/mol. The molecule has 0 radical (unpaired) electrons. The number of carbonyl (C=O) groups is 2. The van der Waals surface area contributed by atoms with Crippen molar-refractivity contribution in [2.24, 2.45) is 0 Å². The van der Waals surface area contributed by atoms with Crippen LogP contribution in [0, 0.1) is 13.8 Å². The molecule has 1 aromatic carbocycles. The van der Waals surface area contributed by atoms with Crippen molar-refractivity contribution < 1.29 is 18.8 Å². The van der Waals surface area contributed by atoms with Crippen LogP contribution < -0.4 is 5.32 Å². The maximum Gasteiger partial charge on any atom is 0.358 e. The first-order valence-corrected chi connectivity index (χ1v) is 8.78. The van der Waals surface area contributed by atoms with Gasteiger partial charge in [0.05, 0.1) is 0 Å². The van der Waals surface area contributed by atoms with Crippen LogP contribution in [0.1, 0.15) is 28.7 Å². The fourth-order valence-electron chi connectivity index (χ4n) is 2.12. The van der Waals surface area contributed by atoms with E-state index in [1.165, 1.54) is 18.3 Å². The number of anilines is 1. The molecule has 26 heavy (non-hydrogen) atoms. The minimum absolute atomic E-state index is 0.169. The molecule has 0 saturated carbocycles. The molecule has 2 heterocycles. The summed E-state index contributed by atoms with van der Waals surface area (Å²) in [6, 6.07) is 9.42. The van der Waals surface area contributed by atoms with Gasteiger partial charge in [-0.2, -0.15) is 0 Å². The standard InChI is InChI=1S/C18H17N3O4S/c1-10-4-6-13(7-5-10)17-19-14(9-26-17)18(23)24-12(3)16(22)20-15-8-11(2)25-21-15/h4-9,12H,1-3H3,(H,20,21,22). The summed E-state index contributed by atoms with van der Waals surface area (Å²) < 4.78 is 10.0. The molecule has 134 valence electrons. The summed E-state index contributed by atoms with van der Waals surface area (Å²) in [5.41, 5.74) is 2.24. The number of amides is 1. The zero-order chi connectivity index (χ0) is 18.7. The van der Waals surface area contributed by atoms with Crippen LogP contribution in [0.3, 0.4) is 0 Å². The van der Waals surface area contributed by atoms with Gasteiger partial charge in [-0.3, -0.25) is 4.79 Å². The minimum atomic E-state index is -0.996. The Morgan fingerprint density at radius 1 is 1.23 bits per heavy atom. The van der Waals surface area contributed by atoms with Gasteiger partial charge >= 0.3 is 5.97 Å². The highest BCUT2D eigenvalue weighted by Gasteiger charge is 2.22. The number of aromatic nitrogens is 2. The molecule has 3 rings (SSSR count). The fraction of sp³-hybridized carbons (Fsp3) is 0.222. The van der Waals surface area contributed by atoms with E-state index < -0.39 is 18.0 Å². The molecule has 0 aliphatic heterocycles. The summed E-state index contributed by atoms with van der Waals surface area (Å²) in [5.74, 6) is -0.319. The molecule has 1 amide bonds. The number of aryl methyl sites for hydroxylation is 2. The molecule has 0 aliphatic carbocycles. The van der Waals surface area contributed by atoms with Gasteiger partial charge in [-0.25, -0.2) is 9.78 Å². The number of carbonyl (C=O) groups excluding carboxylic acids is 2. The topological polar surface area (TPSA) is 94.3 Å². The van der Waals surface area contributed by atoms with E-state index in [9.17, 15) is 9.59 Å². The van der Waals surface area contributed by atoms with Crippen molar-refractivity contribution in [3.05, 3.63) is 52.7 Å². The van der Waals surface area contributed by atoms with Crippen LogP contribution in [-0.2, 0) is 9.53 Å². The van der Waals surface area contributed by atoms with E-state index in [4.69, 9.17) is 9.26 Å². The molecule has 1 atom stereocenters. The maximum atomic E-state index is 12.2. The first-order chi connectivity index (χ1) is 12.4. The Balaban J connectivity index is 1.62. The average Bonchev–Trinajstić information content (AvgIpc) is 3.25. The molecular formula is C18H17N3O4S. The molecule has 0 spiro atoms. The first-order valence-electron chi connectivity index (χ1n) is 7.90. The van der Waals surface area contributed by atoms with E-state index in [1.54, 1.807) is 18.4 Å². The number of nitrogens with zero attached hydrogens (tertiary/aromatic N) is 2. The predicted octanol–water partition coefficient (Wildman–Crippen LogP) is 3.60. The SMILES string of the molecule is Cc1ccc(-c2nc(C(=O)OC(C)C(=O)Nc3cc(C)on3)cs2)cc1. The van der Waals surface area contributed by atoms with Crippen molar-refractivity contribution in [2.45, 2.75) is 26.9 Å². The molecule has 3 aromatic rings. The summed E-state index contributed by atoms with van der Waals surface area (Å²) >= 11 is 1.34. The van der Waals surface area contributed by atoms with Crippen molar-refractivity contribution >= 4 is 29.0 Å². The van der Waals surface area contributed by atoms with Crippen LogP contribution in [-0.4, -0.2) is 28.1 Å². The van der Waals surface area contributed by atoms with Crippen LogP contribution in [0.4, 0.5) is 5.82 Å². The zero-order valence-electron chi connectivity index (χ0n) is 14.5. The monoisotopic (exact) mass is 371 g/mol. The highest BCUT2D eigenvalue weighted by molar-refractivity contribution is 7.13. The van der Waals surface area contributed by atoms with Crippen molar-refractivity contribution in [1.29, 1.82) is 0 Å². The highest BCUT2D eigenvalue weighted by atomic mass is 32.1. The first kappa shape index (κ1) is 17.8. The normalized spacial score (nSPS) is 11.8. The number of thiazole rings is 1. The Hall–Kier alpha value is -3.00. The average molecular weight is 371 g/mol. The minimum Gasteiger partial charge on any atom is -0.448 e. The number of benzene rings is 1. The quantitative estimate of drug-likeness (QED) is 0.689. The predicted molar refractivity (Wildman–Crippen MR) is 97.0 cm³/mol. The van der Waals surface area contributed by atoms with E-state index >= 15 is 0 Å². The third kappa shape index (κ3) is 4.15. The third-order valence-corrected chi connectivity index (χ3v) is 4.44. The Morgan fingerprint density at radius 3 is 2.62 bits per heavy atom. The number of nitrogens with one attached hydrogen (secondary N) is 1. The lowest BCUT2D eigenvalue weighted by Crippen LogP contribution is -2.30. The number of esters is 1. The van der Waals surface area contributed by atoms with Crippen molar-refractivity contribution in [1.82, 2.24) is 10.1 Å². The van der Waals surface area contributed by atoms with Gasteiger partial charge in [0, 0.05) is 17.0 Å². The van der Waals surface area contributed by atoms with Crippen molar-refractivity contribution in [3.63, 3.8) is 0 Å². The van der Waals surface area contributed by atoms with E-state index in [0.717, 1.165) is 11.1 Å². The van der Waals surface area contributed by atoms with Gasteiger partial charge in [-0.05, 0) is 20.8 Å². The molecule has 1 N–H and O–H groups in total. The number of ether oxygens (including phenoxy) is 1. The zero-order valence-corrected chi connectivity index (χ0v) is 15.3. The molecule has 0 fully saturated rings. The van der Waals surface area contributed by atoms with Gasteiger partial charge in [0.2, 0.25) is 0 Å². The lowest BCUT2D eigenvalue weighted by Gasteiger charge is -2.11. The van der Waals surface area contributed by atoms with E-state index in [0.29, 0.717) is 10.8 Å². The summed E-state index contributed by atoms with van der Waals surface area (Å²) in [6.45, 7) is 5.19. The van der Waals surface area contributed by atoms with E-state index in [-0.39, 0.29) is 11.5 Å². The Morgan fingerprint density at radius 2 is 1.96 bits per heavy atom. The fourth-order valence-corrected chi connectivity index (χ4v) is 2.92. The second-order valence-electron chi connectivity index (χ2n) is 5.76. The van der Waals surface area contributed by atoms with Gasteiger partial charge in [-0.15, -0.1) is 11.3 Å². The molecule has 8 heteroatoms.